The van der Waals surface area contributed by atoms with E-state index in [2.05, 4.69) is 18.8 Å². The van der Waals surface area contributed by atoms with E-state index in [-0.39, 0.29) is 31.1 Å². The van der Waals surface area contributed by atoms with E-state index in [1.807, 2.05) is 18.2 Å². The number of aromatic nitrogens is 1. The first-order chi connectivity index (χ1) is 15.7. The van der Waals surface area contributed by atoms with Crippen molar-refractivity contribution in [1.29, 1.82) is 0 Å². The summed E-state index contributed by atoms with van der Waals surface area (Å²) in [5.41, 5.74) is 2.00. The van der Waals surface area contributed by atoms with Crippen LogP contribution in [0.2, 0.25) is 0 Å². The molecule has 0 saturated carbocycles. The molecule has 1 aromatic carbocycles. The van der Waals surface area contributed by atoms with E-state index >= 15 is 0 Å². The predicted molar refractivity (Wildman–Crippen MR) is 117 cm³/mol. The minimum absolute atomic E-state index is 0.0128. The Morgan fingerprint density at radius 2 is 2.03 bits per heavy atom. The third kappa shape index (κ3) is 5.55. The van der Waals surface area contributed by atoms with Gasteiger partial charge in [-0.1, -0.05) is 19.9 Å². The van der Waals surface area contributed by atoms with Crippen LogP contribution in [0.3, 0.4) is 0 Å². The highest BCUT2D eigenvalue weighted by Crippen LogP contribution is 2.35. The molecular weight excluding hydrogens is 434 g/mol. The van der Waals surface area contributed by atoms with Crippen molar-refractivity contribution in [2.75, 3.05) is 19.8 Å². The smallest absolute Gasteiger partial charge is 0.343 e. The van der Waals surface area contributed by atoms with E-state index in [1.165, 1.54) is 0 Å². The highest BCUT2D eigenvalue weighted by Gasteiger charge is 2.57. The summed E-state index contributed by atoms with van der Waals surface area (Å²) in [7, 11) is 0. The molecule has 33 heavy (non-hydrogen) atoms. The highest BCUT2D eigenvalue weighted by molar-refractivity contribution is 5.91. The summed E-state index contributed by atoms with van der Waals surface area (Å²) in [6, 6.07) is 5.71. The Balaban J connectivity index is 1.87. The van der Waals surface area contributed by atoms with Gasteiger partial charge in [-0.15, -0.1) is 0 Å². The average Bonchev–Trinajstić information content (AvgIpc) is 3.27. The molecule has 0 radical (unpaired) electrons. The molecule has 4 atom stereocenters. The van der Waals surface area contributed by atoms with Crippen LogP contribution in [0.15, 0.2) is 18.2 Å². The topological polar surface area (TPSA) is 162 Å². The van der Waals surface area contributed by atoms with Gasteiger partial charge >= 0.3 is 5.97 Å². The third-order valence-electron chi connectivity index (χ3n) is 5.73. The molecule has 10 heteroatoms. The quantitative estimate of drug-likeness (QED) is 0.202. The number of aliphatic hydroxyl groups excluding tert-OH is 4. The number of ether oxygens (including phenoxy) is 3. The second-order valence-electron chi connectivity index (χ2n) is 8.72. The number of benzene rings is 1. The summed E-state index contributed by atoms with van der Waals surface area (Å²) in [4.78, 5) is 16.1. The van der Waals surface area contributed by atoms with Crippen molar-refractivity contribution in [2.24, 2.45) is 5.92 Å². The number of hydrogen-bond acceptors (Lipinski definition) is 9. The van der Waals surface area contributed by atoms with E-state index in [0.29, 0.717) is 16.8 Å². The van der Waals surface area contributed by atoms with Gasteiger partial charge in [0.25, 0.3) is 0 Å². The number of aryl methyl sites for hydroxylation is 1. The third-order valence-corrected chi connectivity index (χ3v) is 5.73. The van der Waals surface area contributed by atoms with Crippen LogP contribution in [-0.2, 0) is 27.3 Å². The molecule has 0 spiro atoms. The van der Waals surface area contributed by atoms with Crippen LogP contribution in [0, 0.1) is 5.92 Å². The minimum Gasteiger partial charge on any atom is -0.422 e. The van der Waals surface area contributed by atoms with Crippen molar-refractivity contribution in [3.8, 4) is 5.75 Å². The molecule has 3 rings (SSSR count). The first kappa shape index (κ1) is 25.6. The molecule has 184 valence electrons. The van der Waals surface area contributed by atoms with Crippen molar-refractivity contribution in [1.82, 2.24) is 4.98 Å². The van der Waals surface area contributed by atoms with Gasteiger partial charge in [0.1, 0.15) is 12.2 Å². The number of esters is 1. The number of fused-ring (bicyclic) bond motifs is 1. The standard InChI is InChI=1S/C23H33NO9/c1-13(2)4-5-14-6-7-16-15(10-14)18(17(11-26)24-16)32-22(29)20-19(31-9-3-8-25)21(28)23(30,12-27)33-20/h6-7,10,13,19-21,24-28,30H,3-5,8-9,11-12H2,1-2H3/t19-,20+,21+,23-/m0/s1. The zero-order valence-electron chi connectivity index (χ0n) is 18.9. The van der Waals surface area contributed by atoms with Crippen molar-refractivity contribution in [3.05, 3.63) is 29.5 Å². The van der Waals surface area contributed by atoms with E-state index in [0.717, 1.165) is 18.4 Å². The predicted octanol–water partition coefficient (Wildman–Crippen LogP) is 0.362. The maximum absolute atomic E-state index is 13.0. The number of nitrogens with one attached hydrogen (secondary N) is 1. The normalized spacial score (nSPS) is 25.3. The summed E-state index contributed by atoms with van der Waals surface area (Å²) in [5, 5.41) is 49.6. The van der Waals surface area contributed by atoms with Crippen LogP contribution in [0.4, 0.5) is 0 Å². The highest BCUT2D eigenvalue weighted by atomic mass is 16.7. The number of aromatic amines is 1. The fourth-order valence-electron chi connectivity index (χ4n) is 3.82. The van der Waals surface area contributed by atoms with Gasteiger partial charge in [-0.2, -0.15) is 0 Å². The van der Waals surface area contributed by atoms with Crippen molar-refractivity contribution >= 4 is 16.9 Å². The van der Waals surface area contributed by atoms with E-state index in [4.69, 9.17) is 19.3 Å². The van der Waals surface area contributed by atoms with Gasteiger partial charge in [0.15, 0.2) is 11.9 Å². The summed E-state index contributed by atoms with van der Waals surface area (Å²) in [5.74, 6) is -2.72. The fraction of sp³-hybridized carbons (Fsp3) is 0.609. The molecule has 6 N–H and O–H groups in total. The molecule has 0 amide bonds. The zero-order chi connectivity index (χ0) is 24.2. The Kier molecular flexibility index (Phi) is 8.46. The van der Waals surface area contributed by atoms with Crippen molar-refractivity contribution in [2.45, 2.75) is 63.8 Å². The van der Waals surface area contributed by atoms with Gasteiger partial charge in [-0.25, -0.2) is 4.79 Å². The Morgan fingerprint density at radius 1 is 1.27 bits per heavy atom. The summed E-state index contributed by atoms with van der Waals surface area (Å²) >= 11 is 0. The van der Waals surface area contributed by atoms with Crippen LogP contribution in [0.25, 0.3) is 10.9 Å². The van der Waals surface area contributed by atoms with E-state index in [1.54, 1.807) is 0 Å². The van der Waals surface area contributed by atoms with Crippen LogP contribution >= 0.6 is 0 Å². The lowest BCUT2D eigenvalue weighted by Crippen LogP contribution is -2.47. The van der Waals surface area contributed by atoms with Crippen molar-refractivity contribution < 1.29 is 44.5 Å². The maximum Gasteiger partial charge on any atom is 0.343 e. The molecular formula is C23H33NO9. The Morgan fingerprint density at radius 3 is 2.67 bits per heavy atom. The van der Waals surface area contributed by atoms with Gasteiger partial charge in [-0.3, -0.25) is 0 Å². The molecule has 0 aliphatic carbocycles. The lowest BCUT2D eigenvalue weighted by molar-refractivity contribution is -0.246. The number of carbonyl (C=O) groups excluding carboxylic acids is 1. The van der Waals surface area contributed by atoms with Gasteiger partial charge < -0.3 is 44.7 Å². The molecule has 1 aliphatic rings. The monoisotopic (exact) mass is 467 g/mol. The maximum atomic E-state index is 13.0. The molecule has 2 aromatic rings. The first-order valence-electron chi connectivity index (χ1n) is 11.1. The van der Waals surface area contributed by atoms with Crippen LogP contribution < -0.4 is 4.74 Å². The fourth-order valence-corrected chi connectivity index (χ4v) is 3.82. The Labute approximate surface area is 191 Å². The average molecular weight is 468 g/mol. The van der Waals surface area contributed by atoms with Crippen molar-refractivity contribution in [3.63, 3.8) is 0 Å². The number of aliphatic hydroxyl groups is 5. The molecule has 0 unspecified atom stereocenters. The van der Waals surface area contributed by atoms with E-state index in [9.17, 15) is 25.2 Å². The van der Waals surface area contributed by atoms with Gasteiger partial charge in [0.05, 0.1) is 18.9 Å². The van der Waals surface area contributed by atoms with Gasteiger partial charge in [0, 0.05) is 24.1 Å². The second-order valence-corrected chi connectivity index (χ2v) is 8.72. The number of H-pyrrole nitrogens is 1. The number of carbonyl (C=O) groups is 1. The minimum atomic E-state index is -2.41. The summed E-state index contributed by atoms with van der Waals surface area (Å²) in [6.07, 6.45) is -2.54. The Hall–Kier alpha value is -2.05. The van der Waals surface area contributed by atoms with E-state index < -0.39 is 43.3 Å². The molecule has 1 fully saturated rings. The molecule has 2 heterocycles. The lowest BCUT2D eigenvalue weighted by atomic mass is 10.0. The molecule has 0 bridgehead atoms. The van der Waals surface area contributed by atoms with Crippen LogP contribution in [0.5, 0.6) is 5.75 Å². The largest absolute Gasteiger partial charge is 0.422 e. The van der Waals surface area contributed by atoms with Crippen LogP contribution in [-0.4, -0.2) is 80.4 Å². The SMILES string of the molecule is CC(C)CCc1ccc2[nH]c(CO)c(OC(=O)[C@@H]3O[C@@](O)(CO)[C@H](O)[C@H]3OCCCO)c2c1. The molecule has 10 nitrogen and oxygen atoms in total. The molecule has 1 aromatic heterocycles. The van der Waals surface area contributed by atoms with Gasteiger partial charge in [0.2, 0.25) is 5.79 Å². The zero-order valence-corrected chi connectivity index (χ0v) is 18.9. The van der Waals surface area contributed by atoms with Gasteiger partial charge in [-0.05, 0) is 42.9 Å². The van der Waals surface area contributed by atoms with Crippen LogP contribution in [0.1, 0.15) is 37.9 Å². The second kappa shape index (κ2) is 10.9. The number of rotatable bonds is 11. The lowest BCUT2D eigenvalue weighted by Gasteiger charge is -2.23. The molecule has 1 saturated heterocycles. The first-order valence-corrected chi connectivity index (χ1v) is 11.1. The molecule has 1 aliphatic heterocycles. The number of hydrogen-bond donors (Lipinski definition) is 6. The Bertz CT molecular complexity index is 943. The summed E-state index contributed by atoms with van der Waals surface area (Å²) < 4.78 is 16.3. The summed E-state index contributed by atoms with van der Waals surface area (Å²) in [6.45, 7) is 2.71.